The highest BCUT2D eigenvalue weighted by atomic mass is 32.2. The first kappa shape index (κ1) is 20.3. The van der Waals surface area contributed by atoms with Gasteiger partial charge in [-0.1, -0.05) is 6.07 Å². The van der Waals surface area contributed by atoms with Crippen LogP contribution in [0.5, 0.6) is 11.5 Å². The zero-order valence-corrected chi connectivity index (χ0v) is 18.1. The van der Waals surface area contributed by atoms with Crippen LogP contribution in [0.4, 0.5) is 0 Å². The van der Waals surface area contributed by atoms with E-state index in [9.17, 15) is 9.59 Å². The third-order valence-corrected chi connectivity index (χ3v) is 7.59. The van der Waals surface area contributed by atoms with E-state index in [0.29, 0.717) is 29.5 Å². The Bertz CT molecular complexity index is 822. The molecular formula is C21H28N2O5S. The average Bonchev–Trinajstić information content (AvgIpc) is 3.15. The number of amides is 2. The molecular weight excluding hydrogens is 392 g/mol. The number of fused-ring (bicyclic) bond motifs is 3. The van der Waals surface area contributed by atoms with Crippen LogP contribution in [-0.4, -0.2) is 61.5 Å². The first-order valence-electron chi connectivity index (χ1n) is 10.00. The van der Waals surface area contributed by atoms with Crippen molar-refractivity contribution in [1.82, 2.24) is 10.2 Å². The van der Waals surface area contributed by atoms with Gasteiger partial charge in [-0.3, -0.25) is 9.59 Å². The van der Waals surface area contributed by atoms with E-state index in [2.05, 4.69) is 5.32 Å². The monoisotopic (exact) mass is 420 g/mol. The molecule has 0 aliphatic carbocycles. The molecule has 0 radical (unpaired) electrons. The molecule has 0 bridgehead atoms. The predicted molar refractivity (Wildman–Crippen MR) is 110 cm³/mol. The standard InChI is InChI=1S/C21H28N2O5S/c1-21(2)17(18(24)22-11-12-7-9-28-10-8-12)23-19(25)15-13(20(23)29-21)5-6-14(26-3)16(15)27-4/h5-6,12,17,20H,7-11H2,1-4H3,(H,22,24)/t17-,20-/m0/s1. The maximum Gasteiger partial charge on any atom is 0.260 e. The summed E-state index contributed by atoms with van der Waals surface area (Å²) in [7, 11) is 3.08. The van der Waals surface area contributed by atoms with Crippen molar-refractivity contribution in [3.8, 4) is 11.5 Å². The highest BCUT2D eigenvalue weighted by Crippen LogP contribution is 2.58. The Labute approximate surface area is 175 Å². The Morgan fingerprint density at radius 1 is 1.28 bits per heavy atom. The average molecular weight is 421 g/mol. The van der Waals surface area contributed by atoms with Crippen LogP contribution in [0.1, 0.15) is 48.0 Å². The summed E-state index contributed by atoms with van der Waals surface area (Å²) in [4.78, 5) is 28.3. The number of carbonyl (C=O) groups excluding carboxylic acids is 2. The molecule has 1 aromatic carbocycles. The van der Waals surface area contributed by atoms with Crippen LogP contribution in [0, 0.1) is 5.92 Å². The predicted octanol–water partition coefficient (Wildman–Crippen LogP) is 2.60. The lowest BCUT2D eigenvalue weighted by Gasteiger charge is -2.30. The van der Waals surface area contributed by atoms with E-state index < -0.39 is 10.8 Å². The van der Waals surface area contributed by atoms with Crippen LogP contribution in [-0.2, 0) is 9.53 Å². The molecule has 4 rings (SSSR count). The third kappa shape index (κ3) is 3.36. The number of ether oxygens (including phenoxy) is 3. The number of hydrogen-bond donors (Lipinski definition) is 1. The molecule has 7 nitrogen and oxygen atoms in total. The highest BCUT2D eigenvalue weighted by Gasteiger charge is 2.58. The summed E-state index contributed by atoms with van der Waals surface area (Å²) in [6.45, 7) is 6.17. The fourth-order valence-electron chi connectivity index (χ4n) is 4.55. The number of hydrogen-bond acceptors (Lipinski definition) is 6. The quantitative estimate of drug-likeness (QED) is 0.789. The van der Waals surface area contributed by atoms with Gasteiger partial charge >= 0.3 is 0 Å². The van der Waals surface area contributed by atoms with E-state index >= 15 is 0 Å². The molecule has 29 heavy (non-hydrogen) atoms. The number of carbonyl (C=O) groups is 2. The lowest BCUT2D eigenvalue weighted by atomic mass is 9.98. The normalized spacial score (nSPS) is 25.5. The van der Waals surface area contributed by atoms with E-state index in [1.54, 1.807) is 23.8 Å². The summed E-state index contributed by atoms with van der Waals surface area (Å²) >= 11 is 1.64. The third-order valence-electron chi connectivity index (χ3n) is 6.05. The first-order chi connectivity index (χ1) is 13.9. The van der Waals surface area contributed by atoms with E-state index in [4.69, 9.17) is 14.2 Å². The van der Waals surface area contributed by atoms with Crippen LogP contribution in [0.2, 0.25) is 0 Å². The Morgan fingerprint density at radius 2 is 2.00 bits per heavy atom. The molecule has 8 heteroatoms. The number of nitrogens with one attached hydrogen (secondary N) is 1. The second kappa shape index (κ2) is 7.72. The van der Waals surface area contributed by atoms with Crippen LogP contribution in [0.3, 0.4) is 0 Å². The number of nitrogens with zero attached hydrogens (tertiary/aromatic N) is 1. The fourth-order valence-corrected chi connectivity index (χ4v) is 6.13. The van der Waals surface area contributed by atoms with E-state index in [-0.39, 0.29) is 17.2 Å². The fraction of sp³-hybridized carbons (Fsp3) is 0.619. The van der Waals surface area contributed by atoms with E-state index in [1.165, 1.54) is 7.11 Å². The van der Waals surface area contributed by atoms with Crippen molar-refractivity contribution < 1.29 is 23.8 Å². The van der Waals surface area contributed by atoms with Gasteiger partial charge in [0.2, 0.25) is 5.91 Å². The SMILES string of the molecule is COc1ccc2c(c1OC)C(=O)N1[C@@H](C(=O)NCC3CCOCC3)C(C)(C)S[C@@H]21. The Balaban J connectivity index is 1.60. The molecule has 1 aromatic rings. The van der Waals surface area contributed by atoms with Crippen molar-refractivity contribution in [2.24, 2.45) is 5.92 Å². The zero-order valence-electron chi connectivity index (χ0n) is 17.3. The smallest absolute Gasteiger partial charge is 0.260 e. The van der Waals surface area contributed by atoms with Crippen LogP contribution in [0.15, 0.2) is 12.1 Å². The van der Waals surface area contributed by atoms with Crippen LogP contribution in [0.25, 0.3) is 0 Å². The molecule has 2 atom stereocenters. The largest absolute Gasteiger partial charge is 0.493 e. The van der Waals surface area contributed by atoms with Gasteiger partial charge in [0, 0.05) is 30.1 Å². The van der Waals surface area contributed by atoms with Crippen molar-refractivity contribution in [1.29, 1.82) is 0 Å². The summed E-state index contributed by atoms with van der Waals surface area (Å²) in [6.07, 6.45) is 1.91. The van der Waals surface area contributed by atoms with Gasteiger partial charge in [-0.25, -0.2) is 0 Å². The first-order valence-corrected chi connectivity index (χ1v) is 10.9. The van der Waals surface area contributed by atoms with E-state index in [0.717, 1.165) is 31.6 Å². The molecule has 1 N–H and O–H groups in total. The minimum Gasteiger partial charge on any atom is -0.493 e. The van der Waals surface area contributed by atoms with Crippen molar-refractivity contribution >= 4 is 23.6 Å². The Morgan fingerprint density at radius 3 is 2.66 bits per heavy atom. The van der Waals surface area contributed by atoms with Crippen LogP contribution >= 0.6 is 11.8 Å². The topological polar surface area (TPSA) is 77.1 Å². The molecule has 2 fully saturated rings. The molecule has 0 aromatic heterocycles. The number of benzene rings is 1. The molecule has 3 heterocycles. The van der Waals surface area contributed by atoms with Crippen molar-refractivity contribution in [2.75, 3.05) is 34.0 Å². The van der Waals surface area contributed by atoms with Gasteiger partial charge in [0.25, 0.3) is 5.91 Å². The van der Waals surface area contributed by atoms with Crippen molar-refractivity contribution in [3.05, 3.63) is 23.3 Å². The second-order valence-electron chi connectivity index (χ2n) is 8.25. The van der Waals surface area contributed by atoms with Gasteiger partial charge in [-0.15, -0.1) is 11.8 Å². The summed E-state index contributed by atoms with van der Waals surface area (Å²) in [5, 5.41) is 2.90. The van der Waals surface area contributed by atoms with E-state index in [1.807, 2.05) is 26.0 Å². The number of thioether (sulfide) groups is 1. The molecule has 158 valence electrons. The zero-order chi connectivity index (χ0) is 20.8. The van der Waals surface area contributed by atoms with Gasteiger partial charge in [-0.2, -0.15) is 0 Å². The summed E-state index contributed by atoms with van der Waals surface area (Å²) in [6, 6.07) is 3.18. The maximum atomic E-state index is 13.4. The molecule has 3 aliphatic heterocycles. The second-order valence-corrected chi connectivity index (χ2v) is 9.99. The minimum atomic E-state index is -0.548. The van der Waals surface area contributed by atoms with Gasteiger partial charge in [0.05, 0.1) is 19.8 Å². The van der Waals surface area contributed by atoms with Gasteiger partial charge in [0.15, 0.2) is 11.5 Å². The Hall–Kier alpha value is -1.93. The molecule has 0 saturated carbocycles. The number of rotatable bonds is 5. The lowest BCUT2D eigenvalue weighted by molar-refractivity contribution is -0.126. The maximum absolute atomic E-state index is 13.4. The van der Waals surface area contributed by atoms with Crippen molar-refractivity contribution in [2.45, 2.75) is 42.9 Å². The summed E-state index contributed by atoms with van der Waals surface area (Å²) in [5.74, 6) is 1.11. The Kier molecular flexibility index (Phi) is 5.42. The van der Waals surface area contributed by atoms with Gasteiger partial charge in [-0.05, 0) is 38.7 Å². The van der Waals surface area contributed by atoms with Crippen molar-refractivity contribution in [3.63, 3.8) is 0 Å². The highest BCUT2D eigenvalue weighted by molar-refractivity contribution is 8.01. The molecule has 0 unspecified atom stereocenters. The summed E-state index contributed by atoms with van der Waals surface area (Å²) < 4.78 is 15.9. The molecule has 0 spiro atoms. The molecule has 2 amide bonds. The van der Waals surface area contributed by atoms with Gasteiger partial charge < -0.3 is 24.4 Å². The van der Waals surface area contributed by atoms with Gasteiger partial charge in [0.1, 0.15) is 11.4 Å². The molecule has 3 aliphatic rings. The molecule has 2 saturated heterocycles. The summed E-state index contributed by atoms with van der Waals surface area (Å²) in [5.41, 5.74) is 1.38. The number of methoxy groups -OCH3 is 2. The lowest BCUT2D eigenvalue weighted by Crippen LogP contribution is -2.53. The van der Waals surface area contributed by atoms with Crippen LogP contribution < -0.4 is 14.8 Å². The minimum absolute atomic E-state index is 0.0939.